The maximum absolute atomic E-state index is 12.0. The van der Waals surface area contributed by atoms with Gasteiger partial charge in [0, 0.05) is 12.1 Å². The SMILES string of the molecule is COc1ccc(C(=O)O)c(NC(=O)c2ccc(=O)oc2)c1. The summed E-state index contributed by atoms with van der Waals surface area (Å²) >= 11 is 0. The Hall–Kier alpha value is -3.09. The molecule has 0 unspecified atom stereocenters. The molecule has 21 heavy (non-hydrogen) atoms. The molecule has 2 aromatic rings. The number of nitrogens with one attached hydrogen (secondary N) is 1. The number of carboxylic acids is 1. The number of benzene rings is 1. The van der Waals surface area contributed by atoms with Gasteiger partial charge in [0.05, 0.1) is 23.9 Å². The van der Waals surface area contributed by atoms with Gasteiger partial charge in [0.2, 0.25) is 0 Å². The molecule has 0 aliphatic heterocycles. The molecule has 0 saturated carbocycles. The lowest BCUT2D eigenvalue weighted by Gasteiger charge is -2.10. The fourth-order valence-electron chi connectivity index (χ4n) is 1.62. The van der Waals surface area contributed by atoms with Gasteiger partial charge in [-0.15, -0.1) is 0 Å². The van der Waals surface area contributed by atoms with Crippen LogP contribution in [0.1, 0.15) is 20.7 Å². The van der Waals surface area contributed by atoms with E-state index in [-0.39, 0.29) is 16.8 Å². The molecule has 7 nitrogen and oxygen atoms in total. The van der Waals surface area contributed by atoms with Crippen LogP contribution in [0.15, 0.2) is 45.8 Å². The number of carbonyl (C=O) groups is 2. The molecule has 7 heteroatoms. The van der Waals surface area contributed by atoms with Crippen molar-refractivity contribution < 1.29 is 23.8 Å². The van der Waals surface area contributed by atoms with Crippen molar-refractivity contribution in [1.82, 2.24) is 0 Å². The van der Waals surface area contributed by atoms with E-state index < -0.39 is 17.5 Å². The van der Waals surface area contributed by atoms with E-state index in [0.717, 1.165) is 12.3 Å². The minimum atomic E-state index is -1.19. The Balaban J connectivity index is 2.33. The number of carbonyl (C=O) groups excluding carboxylic acids is 1. The van der Waals surface area contributed by atoms with Crippen molar-refractivity contribution in [2.24, 2.45) is 0 Å². The van der Waals surface area contributed by atoms with Crippen LogP contribution in [0.25, 0.3) is 0 Å². The molecule has 0 radical (unpaired) electrons. The highest BCUT2D eigenvalue weighted by Gasteiger charge is 2.15. The fraction of sp³-hybridized carbons (Fsp3) is 0.0714. The number of aromatic carboxylic acids is 1. The molecule has 1 aromatic carbocycles. The molecule has 1 amide bonds. The smallest absolute Gasteiger partial charge is 0.337 e. The average Bonchev–Trinajstić information content (AvgIpc) is 2.47. The van der Waals surface area contributed by atoms with Crippen molar-refractivity contribution in [2.75, 3.05) is 12.4 Å². The Morgan fingerprint density at radius 1 is 1.24 bits per heavy atom. The first kappa shape index (κ1) is 14.3. The third kappa shape index (κ3) is 3.27. The second-order valence-corrected chi connectivity index (χ2v) is 4.01. The highest BCUT2D eigenvalue weighted by molar-refractivity contribution is 6.07. The summed E-state index contributed by atoms with van der Waals surface area (Å²) in [5.74, 6) is -1.39. The lowest BCUT2D eigenvalue weighted by atomic mass is 10.1. The summed E-state index contributed by atoms with van der Waals surface area (Å²) in [6, 6.07) is 6.56. The Bertz CT molecular complexity index is 729. The van der Waals surface area contributed by atoms with Gasteiger partial charge in [0.1, 0.15) is 12.0 Å². The van der Waals surface area contributed by atoms with Gasteiger partial charge in [-0.25, -0.2) is 9.59 Å². The van der Waals surface area contributed by atoms with Crippen LogP contribution in [0.2, 0.25) is 0 Å². The second-order valence-electron chi connectivity index (χ2n) is 4.01. The van der Waals surface area contributed by atoms with Crippen LogP contribution in [-0.2, 0) is 0 Å². The van der Waals surface area contributed by atoms with E-state index in [2.05, 4.69) is 9.73 Å². The maximum atomic E-state index is 12.0. The van der Waals surface area contributed by atoms with Gasteiger partial charge in [-0.2, -0.15) is 0 Å². The monoisotopic (exact) mass is 289 g/mol. The topological polar surface area (TPSA) is 106 Å². The molecule has 2 N–H and O–H groups in total. The summed E-state index contributed by atoms with van der Waals surface area (Å²) in [6.45, 7) is 0. The Kier molecular flexibility index (Phi) is 4.03. The number of carboxylic acid groups (broad SMARTS) is 1. The van der Waals surface area contributed by atoms with E-state index in [9.17, 15) is 14.4 Å². The number of anilines is 1. The van der Waals surface area contributed by atoms with Gasteiger partial charge in [0.15, 0.2) is 0 Å². The number of methoxy groups -OCH3 is 1. The Morgan fingerprint density at radius 3 is 2.57 bits per heavy atom. The number of ether oxygens (including phenoxy) is 1. The first-order valence-corrected chi connectivity index (χ1v) is 5.83. The summed E-state index contributed by atoms with van der Waals surface area (Å²) < 4.78 is 9.57. The summed E-state index contributed by atoms with van der Waals surface area (Å²) in [5, 5.41) is 11.5. The van der Waals surface area contributed by atoms with Gasteiger partial charge in [-0.3, -0.25) is 4.79 Å². The molecule has 0 bridgehead atoms. The third-order valence-electron chi connectivity index (χ3n) is 2.67. The molecule has 1 heterocycles. The second kappa shape index (κ2) is 5.91. The van der Waals surface area contributed by atoms with Crippen LogP contribution >= 0.6 is 0 Å². The number of hydrogen-bond donors (Lipinski definition) is 2. The summed E-state index contributed by atoms with van der Waals surface area (Å²) in [4.78, 5) is 34.0. The first-order chi connectivity index (χ1) is 10.0. The molecule has 0 atom stereocenters. The van der Waals surface area contributed by atoms with Crippen molar-refractivity contribution in [2.45, 2.75) is 0 Å². The highest BCUT2D eigenvalue weighted by Crippen LogP contribution is 2.23. The fourth-order valence-corrected chi connectivity index (χ4v) is 1.62. The van der Waals surface area contributed by atoms with Gasteiger partial charge < -0.3 is 19.6 Å². The molecule has 0 aliphatic carbocycles. The van der Waals surface area contributed by atoms with E-state index >= 15 is 0 Å². The Labute approximate surface area is 118 Å². The zero-order chi connectivity index (χ0) is 15.4. The molecule has 2 rings (SSSR count). The van der Waals surface area contributed by atoms with E-state index in [1.54, 1.807) is 0 Å². The van der Waals surface area contributed by atoms with Crippen molar-refractivity contribution >= 4 is 17.6 Å². The zero-order valence-electron chi connectivity index (χ0n) is 11.0. The van der Waals surface area contributed by atoms with E-state index in [1.165, 1.54) is 31.4 Å². The molecule has 0 aliphatic rings. The minimum absolute atomic E-state index is 0.0815. The molecule has 0 spiro atoms. The summed E-state index contributed by atoms with van der Waals surface area (Å²) in [5.41, 5.74) is -0.493. The molecule has 0 saturated heterocycles. The van der Waals surface area contributed by atoms with Crippen molar-refractivity contribution in [3.05, 3.63) is 58.1 Å². The largest absolute Gasteiger partial charge is 0.497 e. The zero-order valence-corrected chi connectivity index (χ0v) is 11.0. The maximum Gasteiger partial charge on any atom is 0.337 e. The Morgan fingerprint density at radius 2 is 2.00 bits per heavy atom. The quantitative estimate of drug-likeness (QED) is 0.885. The standard InChI is InChI=1S/C14H11NO6/c1-20-9-3-4-10(14(18)19)11(6-9)15-13(17)8-2-5-12(16)21-7-8/h2-7H,1H3,(H,15,17)(H,18,19). The highest BCUT2D eigenvalue weighted by atomic mass is 16.5. The molecule has 0 fully saturated rings. The van der Waals surface area contributed by atoms with Crippen LogP contribution in [0.5, 0.6) is 5.75 Å². The van der Waals surface area contributed by atoms with Crippen LogP contribution in [0.3, 0.4) is 0 Å². The molecular weight excluding hydrogens is 278 g/mol. The van der Waals surface area contributed by atoms with Gasteiger partial charge in [0.25, 0.3) is 5.91 Å². The van der Waals surface area contributed by atoms with E-state index in [1.807, 2.05) is 0 Å². The number of rotatable bonds is 4. The lowest BCUT2D eigenvalue weighted by molar-refractivity contribution is 0.0698. The predicted molar refractivity (Wildman–Crippen MR) is 72.9 cm³/mol. The van der Waals surface area contributed by atoms with Crippen LogP contribution in [0, 0.1) is 0 Å². The van der Waals surface area contributed by atoms with Crippen molar-refractivity contribution in [3.63, 3.8) is 0 Å². The summed E-state index contributed by atoms with van der Waals surface area (Å²) in [6.07, 6.45) is 0.998. The first-order valence-electron chi connectivity index (χ1n) is 5.83. The van der Waals surface area contributed by atoms with Gasteiger partial charge in [-0.1, -0.05) is 0 Å². The average molecular weight is 289 g/mol. The summed E-state index contributed by atoms with van der Waals surface area (Å²) in [7, 11) is 1.42. The van der Waals surface area contributed by atoms with Gasteiger partial charge in [-0.05, 0) is 18.2 Å². The number of hydrogen-bond acceptors (Lipinski definition) is 5. The lowest BCUT2D eigenvalue weighted by Crippen LogP contribution is -2.15. The third-order valence-corrected chi connectivity index (χ3v) is 2.67. The minimum Gasteiger partial charge on any atom is -0.497 e. The van der Waals surface area contributed by atoms with Gasteiger partial charge >= 0.3 is 11.6 Å². The molecule has 108 valence electrons. The molecular formula is C14H11NO6. The van der Waals surface area contributed by atoms with E-state index in [4.69, 9.17) is 9.84 Å². The molecule has 1 aromatic heterocycles. The number of amides is 1. The van der Waals surface area contributed by atoms with Crippen LogP contribution in [0.4, 0.5) is 5.69 Å². The van der Waals surface area contributed by atoms with Crippen molar-refractivity contribution in [3.8, 4) is 5.75 Å². The van der Waals surface area contributed by atoms with E-state index in [0.29, 0.717) is 5.75 Å². The van der Waals surface area contributed by atoms with Crippen LogP contribution < -0.4 is 15.7 Å². The normalized spacial score (nSPS) is 9.95. The van der Waals surface area contributed by atoms with Crippen molar-refractivity contribution in [1.29, 1.82) is 0 Å². The predicted octanol–water partition coefficient (Wildman–Crippen LogP) is 1.60. The van der Waals surface area contributed by atoms with Crippen LogP contribution in [-0.4, -0.2) is 24.1 Å².